The van der Waals surface area contributed by atoms with Crippen LogP contribution in [0.25, 0.3) is 0 Å². The minimum absolute atomic E-state index is 0.0285. The first-order valence-corrected chi connectivity index (χ1v) is 13.4. The number of aryl methyl sites for hydroxylation is 1. The molecule has 0 bridgehead atoms. The van der Waals surface area contributed by atoms with Gasteiger partial charge in [0.15, 0.2) is 0 Å². The van der Waals surface area contributed by atoms with Crippen LogP contribution in [0.3, 0.4) is 0 Å². The molecule has 1 saturated heterocycles. The summed E-state index contributed by atoms with van der Waals surface area (Å²) in [5.41, 5.74) is 3.80. The molecule has 1 atom stereocenters. The van der Waals surface area contributed by atoms with E-state index in [1.54, 1.807) is 0 Å². The van der Waals surface area contributed by atoms with Crippen LogP contribution in [0.2, 0.25) is 0 Å². The second-order valence-corrected chi connectivity index (χ2v) is 10.8. The predicted octanol–water partition coefficient (Wildman–Crippen LogP) is 5.39. The molecule has 2 amide bonds. The number of nitrogens with zero attached hydrogens (tertiary/aromatic N) is 1. The first-order chi connectivity index (χ1) is 16.8. The third kappa shape index (κ3) is 5.61. The molecular formula is C30H41N3O2. The van der Waals surface area contributed by atoms with E-state index in [0.717, 1.165) is 55.6 Å². The van der Waals surface area contributed by atoms with Gasteiger partial charge < -0.3 is 10.2 Å². The van der Waals surface area contributed by atoms with E-state index in [0.29, 0.717) is 24.6 Å². The number of hydrogen-bond donors (Lipinski definition) is 2. The zero-order valence-electron chi connectivity index (χ0n) is 21.8. The van der Waals surface area contributed by atoms with Gasteiger partial charge in [0.1, 0.15) is 6.04 Å². The van der Waals surface area contributed by atoms with Crippen LogP contribution in [0.5, 0.6) is 0 Å². The van der Waals surface area contributed by atoms with Crippen molar-refractivity contribution in [3.63, 3.8) is 0 Å². The fourth-order valence-corrected chi connectivity index (χ4v) is 5.78. The Labute approximate surface area is 210 Å². The van der Waals surface area contributed by atoms with Gasteiger partial charge in [0.25, 0.3) is 5.91 Å². The Morgan fingerprint density at radius 1 is 1.14 bits per heavy atom. The fraction of sp³-hybridized carbons (Fsp3) is 0.533. The minimum Gasteiger partial charge on any atom is -0.352 e. The lowest BCUT2D eigenvalue weighted by atomic mass is 9.76. The van der Waals surface area contributed by atoms with Crippen molar-refractivity contribution in [3.8, 4) is 0 Å². The van der Waals surface area contributed by atoms with E-state index < -0.39 is 0 Å². The highest BCUT2D eigenvalue weighted by Gasteiger charge is 2.51. The number of carbonyl (C=O) groups is 2. The molecule has 5 nitrogen and oxygen atoms in total. The zero-order valence-corrected chi connectivity index (χ0v) is 21.8. The summed E-state index contributed by atoms with van der Waals surface area (Å²) in [6.07, 6.45) is 6.00. The van der Waals surface area contributed by atoms with E-state index in [4.69, 9.17) is 0 Å². The third-order valence-electron chi connectivity index (χ3n) is 7.99. The molecule has 2 aromatic rings. The summed E-state index contributed by atoms with van der Waals surface area (Å²) in [6, 6.07) is 15.9. The quantitative estimate of drug-likeness (QED) is 0.538. The number of rotatable bonds is 8. The van der Waals surface area contributed by atoms with Gasteiger partial charge in [-0.25, -0.2) is 0 Å². The standard InChI is InChI=1S/C30H41N3O2/c1-5-18-31-28(34)25-11-9-23(10-12-25)15-19-33-29(35)27(26-8-6-7-22(4)20-26)32-30(33)16-13-24(14-17-30)21(2)3/h6-12,20-21,24,27,32H,5,13-19H2,1-4H3,(H,31,34). The molecule has 1 heterocycles. The molecule has 4 rings (SSSR count). The minimum atomic E-state index is -0.282. The summed E-state index contributed by atoms with van der Waals surface area (Å²) in [6.45, 7) is 10.1. The maximum atomic E-state index is 13.8. The van der Waals surface area contributed by atoms with Gasteiger partial charge >= 0.3 is 0 Å². The molecule has 35 heavy (non-hydrogen) atoms. The maximum absolute atomic E-state index is 13.8. The summed E-state index contributed by atoms with van der Waals surface area (Å²) in [5, 5.41) is 6.74. The number of carbonyl (C=O) groups excluding carboxylic acids is 2. The highest BCUT2D eigenvalue weighted by atomic mass is 16.2. The van der Waals surface area contributed by atoms with Crippen LogP contribution in [-0.4, -0.2) is 35.5 Å². The summed E-state index contributed by atoms with van der Waals surface area (Å²) >= 11 is 0. The van der Waals surface area contributed by atoms with E-state index in [9.17, 15) is 9.59 Å². The molecule has 0 aromatic heterocycles. The Morgan fingerprint density at radius 2 is 1.86 bits per heavy atom. The normalized spacial score (nSPS) is 24.4. The van der Waals surface area contributed by atoms with E-state index in [-0.39, 0.29) is 23.5 Å². The number of amides is 2. The number of benzene rings is 2. The molecule has 2 aromatic carbocycles. The van der Waals surface area contributed by atoms with E-state index in [1.165, 1.54) is 5.56 Å². The van der Waals surface area contributed by atoms with Crippen LogP contribution < -0.4 is 10.6 Å². The van der Waals surface area contributed by atoms with Crippen LogP contribution in [-0.2, 0) is 11.2 Å². The van der Waals surface area contributed by atoms with Gasteiger partial charge in [-0.3, -0.25) is 14.9 Å². The predicted molar refractivity (Wildman–Crippen MR) is 141 cm³/mol. The smallest absolute Gasteiger partial charge is 0.251 e. The molecule has 1 spiro atoms. The molecule has 2 N–H and O–H groups in total. The number of hydrogen-bond acceptors (Lipinski definition) is 3. The lowest BCUT2D eigenvalue weighted by Crippen LogP contribution is -2.55. The van der Waals surface area contributed by atoms with Crippen molar-refractivity contribution in [2.24, 2.45) is 11.8 Å². The van der Waals surface area contributed by atoms with Crippen LogP contribution in [0.1, 0.15) is 86.0 Å². The fourth-order valence-electron chi connectivity index (χ4n) is 5.78. The molecule has 2 fully saturated rings. The van der Waals surface area contributed by atoms with Crippen LogP contribution in [0.15, 0.2) is 48.5 Å². The Hall–Kier alpha value is -2.66. The van der Waals surface area contributed by atoms with Crippen molar-refractivity contribution in [2.45, 2.75) is 77.9 Å². The van der Waals surface area contributed by atoms with Crippen molar-refractivity contribution < 1.29 is 9.59 Å². The van der Waals surface area contributed by atoms with Crippen LogP contribution in [0.4, 0.5) is 0 Å². The van der Waals surface area contributed by atoms with Crippen molar-refractivity contribution in [3.05, 3.63) is 70.8 Å². The molecule has 2 aliphatic rings. The van der Waals surface area contributed by atoms with Crippen molar-refractivity contribution in [2.75, 3.05) is 13.1 Å². The molecule has 0 radical (unpaired) electrons. The molecule has 5 heteroatoms. The molecule has 1 aliphatic heterocycles. The molecule has 1 saturated carbocycles. The summed E-state index contributed by atoms with van der Waals surface area (Å²) in [7, 11) is 0. The highest BCUT2D eigenvalue weighted by Crippen LogP contribution is 2.43. The lowest BCUT2D eigenvalue weighted by Gasteiger charge is -2.44. The van der Waals surface area contributed by atoms with Gasteiger partial charge in [-0.2, -0.15) is 0 Å². The van der Waals surface area contributed by atoms with Gasteiger partial charge in [-0.1, -0.05) is 62.7 Å². The van der Waals surface area contributed by atoms with E-state index in [2.05, 4.69) is 54.5 Å². The van der Waals surface area contributed by atoms with E-state index in [1.807, 2.05) is 37.3 Å². The summed E-state index contributed by atoms with van der Waals surface area (Å²) in [5.74, 6) is 1.57. The Balaban J connectivity index is 1.50. The SMILES string of the molecule is CCCNC(=O)c1ccc(CCN2C(=O)C(c3cccc(C)c3)NC23CCC(C(C)C)CC3)cc1. The second kappa shape index (κ2) is 10.9. The molecular weight excluding hydrogens is 434 g/mol. The van der Waals surface area contributed by atoms with Gasteiger partial charge in [0, 0.05) is 18.7 Å². The highest BCUT2D eigenvalue weighted by molar-refractivity contribution is 5.94. The second-order valence-electron chi connectivity index (χ2n) is 10.8. The molecule has 1 aliphatic carbocycles. The van der Waals surface area contributed by atoms with Gasteiger partial charge in [-0.15, -0.1) is 0 Å². The monoisotopic (exact) mass is 475 g/mol. The summed E-state index contributed by atoms with van der Waals surface area (Å²) < 4.78 is 0. The van der Waals surface area contributed by atoms with Crippen molar-refractivity contribution in [1.82, 2.24) is 15.5 Å². The van der Waals surface area contributed by atoms with Crippen molar-refractivity contribution in [1.29, 1.82) is 0 Å². The van der Waals surface area contributed by atoms with Crippen molar-refractivity contribution >= 4 is 11.8 Å². The Morgan fingerprint density at radius 3 is 2.49 bits per heavy atom. The average molecular weight is 476 g/mol. The van der Waals surface area contributed by atoms with Gasteiger partial charge in [-0.05, 0) is 80.5 Å². The topological polar surface area (TPSA) is 61.4 Å². The summed E-state index contributed by atoms with van der Waals surface area (Å²) in [4.78, 5) is 28.1. The molecule has 1 unspecified atom stereocenters. The third-order valence-corrected chi connectivity index (χ3v) is 7.99. The first kappa shape index (κ1) is 25.4. The Bertz CT molecular complexity index is 1020. The maximum Gasteiger partial charge on any atom is 0.251 e. The largest absolute Gasteiger partial charge is 0.352 e. The zero-order chi connectivity index (χ0) is 25.0. The van der Waals surface area contributed by atoms with Crippen LogP contribution in [0, 0.1) is 18.8 Å². The van der Waals surface area contributed by atoms with Crippen LogP contribution >= 0.6 is 0 Å². The first-order valence-electron chi connectivity index (χ1n) is 13.4. The average Bonchev–Trinajstić information content (AvgIpc) is 3.12. The van der Waals surface area contributed by atoms with Gasteiger partial charge in [0.2, 0.25) is 5.91 Å². The van der Waals surface area contributed by atoms with Gasteiger partial charge in [0.05, 0.1) is 5.66 Å². The van der Waals surface area contributed by atoms with E-state index >= 15 is 0 Å². The number of nitrogens with one attached hydrogen (secondary N) is 2. The molecule has 188 valence electrons. The lowest BCUT2D eigenvalue weighted by molar-refractivity contribution is -0.133. The Kier molecular flexibility index (Phi) is 7.95.